The Balaban J connectivity index is 2.24. The first-order valence-electron chi connectivity index (χ1n) is 7.44. The molecule has 1 unspecified atom stereocenters. The smallest absolute Gasteiger partial charge is 0.238 e. The monoisotopic (exact) mass is 379 g/mol. The van der Waals surface area contributed by atoms with Crippen molar-refractivity contribution in [2.75, 3.05) is 13.6 Å². The second-order valence-corrected chi connectivity index (χ2v) is 8.11. The summed E-state index contributed by atoms with van der Waals surface area (Å²) in [4.78, 5) is 1.80. The number of likely N-dealkylation sites (N-methyl/N-ethyl adjacent to an activating group) is 1. The molecule has 0 saturated heterocycles. The molecule has 0 aromatic heterocycles. The lowest BCUT2D eigenvalue weighted by molar-refractivity contribution is 0.292. The largest absolute Gasteiger partial charge is 0.301 e. The minimum Gasteiger partial charge on any atom is -0.301 e. The first kappa shape index (κ1) is 17.8. The second-order valence-electron chi connectivity index (χ2n) is 6.11. The summed E-state index contributed by atoms with van der Waals surface area (Å²) >= 11 is 6.12. The molecule has 1 aliphatic rings. The van der Waals surface area contributed by atoms with Crippen LogP contribution in [0.15, 0.2) is 35.2 Å². The van der Waals surface area contributed by atoms with Gasteiger partial charge < -0.3 is 4.90 Å². The van der Waals surface area contributed by atoms with Crippen LogP contribution >= 0.6 is 11.6 Å². The Bertz CT molecular complexity index is 1000. The third-order valence-electron chi connectivity index (χ3n) is 4.34. The topological polar surface area (TPSA) is 87.2 Å². The molecular formula is C17H15ClFN3O2S. The number of nitriles is 1. The third-order valence-corrected chi connectivity index (χ3v) is 5.47. The molecule has 1 aliphatic heterocycles. The first-order valence-corrected chi connectivity index (χ1v) is 9.36. The van der Waals surface area contributed by atoms with E-state index in [1.807, 2.05) is 11.9 Å². The SMILES string of the molecule is CN1Cc2c(C#N)cc(Cl)cc2C(c2cc(S(N)(=O)=O)ccc2F)C1. The van der Waals surface area contributed by atoms with E-state index in [1.54, 1.807) is 12.1 Å². The maximum atomic E-state index is 14.5. The molecule has 0 amide bonds. The van der Waals surface area contributed by atoms with Gasteiger partial charge in [-0.05, 0) is 54.1 Å². The Labute approximate surface area is 150 Å². The van der Waals surface area contributed by atoms with Crippen LogP contribution in [0.2, 0.25) is 5.02 Å². The van der Waals surface area contributed by atoms with Gasteiger partial charge in [-0.3, -0.25) is 0 Å². The fraction of sp³-hybridized carbons (Fsp3) is 0.235. The molecule has 25 heavy (non-hydrogen) atoms. The number of nitrogens with zero attached hydrogens (tertiary/aromatic N) is 2. The zero-order chi connectivity index (χ0) is 18.4. The second kappa shape index (κ2) is 6.39. The van der Waals surface area contributed by atoms with E-state index in [4.69, 9.17) is 16.7 Å². The van der Waals surface area contributed by atoms with Crippen molar-refractivity contribution in [2.45, 2.75) is 17.4 Å². The van der Waals surface area contributed by atoms with Gasteiger partial charge in [0.05, 0.1) is 16.5 Å². The zero-order valence-corrected chi connectivity index (χ0v) is 14.9. The number of halogens is 2. The summed E-state index contributed by atoms with van der Waals surface area (Å²) in [5.74, 6) is -0.988. The molecule has 0 spiro atoms. The predicted octanol–water partition coefficient (Wildman–Crippen LogP) is 2.58. The Hall–Kier alpha value is -1.98. The average Bonchev–Trinajstić information content (AvgIpc) is 2.53. The van der Waals surface area contributed by atoms with Crippen molar-refractivity contribution < 1.29 is 12.8 Å². The minimum absolute atomic E-state index is 0.152. The van der Waals surface area contributed by atoms with Gasteiger partial charge in [-0.2, -0.15) is 5.26 Å². The van der Waals surface area contributed by atoms with Crippen LogP contribution in [0.4, 0.5) is 4.39 Å². The minimum atomic E-state index is -3.95. The molecule has 1 atom stereocenters. The van der Waals surface area contributed by atoms with Crippen molar-refractivity contribution in [1.29, 1.82) is 5.26 Å². The molecule has 0 saturated carbocycles. The molecule has 0 radical (unpaired) electrons. The maximum absolute atomic E-state index is 14.5. The van der Waals surface area contributed by atoms with Crippen LogP contribution in [0, 0.1) is 17.1 Å². The average molecular weight is 380 g/mol. The van der Waals surface area contributed by atoms with E-state index in [-0.39, 0.29) is 10.5 Å². The van der Waals surface area contributed by atoms with Crippen LogP contribution in [0.25, 0.3) is 0 Å². The van der Waals surface area contributed by atoms with Crippen LogP contribution in [0.5, 0.6) is 0 Å². The van der Waals surface area contributed by atoms with Gasteiger partial charge in [-0.25, -0.2) is 17.9 Å². The molecule has 2 aromatic rings. The van der Waals surface area contributed by atoms with Gasteiger partial charge in [0.2, 0.25) is 10.0 Å². The van der Waals surface area contributed by atoms with Crippen molar-refractivity contribution in [1.82, 2.24) is 4.90 Å². The Morgan fingerprint density at radius 1 is 1.32 bits per heavy atom. The highest BCUT2D eigenvalue weighted by Gasteiger charge is 2.30. The molecule has 0 bridgehead atoms. The summed E-state index contributed by atoms with van der Waals surface area (Å²) in [6.07, 6.45) is 0. The summed E-state index contributed by atoms with van der Waals surface area (Å²) in [6, 6.07) is 8.89. The highest BCUT2D eigenvalue weighted by Crippen LogP contribution is 2.38. The summed E-state index contributed by atoms with van der Waals surface area (Å²) in [5, 5.41) is 14.9. The van der Waals surface area contributed by atoms with E-state index < -0.39 is 21.8 Å². The fourth-order valence-corrected chi connectivity index (χ4v) is 4.00. The molecule has 130 valence electrons. The first-order chi connectivity index (χ1) is 11.7. The summed E-state index contributed by atoms with van der Waals surface area (Å²) in [6.45, 7) is 0.992. The number of hydrogen-bond acceptors (Lipinski definition) is 4. The number of sulfonamides is 1. The van der Waals surface area contributed by atoms with Gasteiger partial charge >= 0.3 is 0 Å². The Morgan fingerprint density at radius 2 is 2.04 bits per heavy atom. The highest BCUT2D eigenvalue weighted by atomic mass is 35.5. The molecule has 3 rings (SSSR count). The predicted molar refractivity (Wildman–Crippen MR) is 92.1 cm³/mol. The van der Waals surface area contributed by atoms with Gasteiger partial charge in [0, 0.05) is 24.0 Å². The van der Waals surface area contributed by atoms with Crippen molar-refractivity contribution in [2.24, 2.45) is 5.14 Å². The van der Waals surface area contributed by atoms with Gasteiger partial charge in [-0.15, -0.1) is 0 Å². The van der Waals surface area contributed by atoms with E-state index in [9.17, 15) is 18.1 Å². The van der Waals surface area contributed by atoms with Crippen molar-refractivity contribution in [3.8, 4) is 6.07 Å². The van der Waals surface area contributed by atoms with Crippen LogP contribution in [-0.4, -0.2) is 26.9 Å². The van der Waals surface area contributed by atoms with Crippen LogP contribution in [0.3, 0.4) is 0 Å². The molecule has 5 nitrogen and oxygen atoms in total. The van der Waals surface area contributed by atoms with Crippen molar-refractivity contribution >= 4 is 21.6 Å². The van der Waals surface area contributed by atoms with E-state index in [0.717, 1.165) is 23.3 Å². The number of rotatable bonds is 2. The van der Waals surface area contributed by atoms with E-state index in [2.05, 4.69) is 6.07 Å². The normalized spacial score (nSPS) is 17.8. The summed E-state index contributed by atoms with van der Waals surface area (Å²) in [5.41, 5.74) is 2.14. The van der Waals surface area contributed by atoms with E-state index >= 15 is 0 Å². The molecule has 8 heteroatoms. The lowest BCUT2D eigenvalue weighted by Crippen LogP contribution is -2.32. The van der Waals surface area contributed by atoms with E-state index in [0.29, 0.717) is 23.7 Å². The summed E-state index contributed by atoms with van der Waals surface area (Å²) < 4.78 is 37.7. The van der Waals surface area contributed by atoms with Crippen LogP contribution in [-0.2, 0) is 16.6 Å². The molecular weight excluding hydrogens is 365 g/mol. The van der Waals surface area contributed by atoms with Crippen LogP contribution < -0.4 is 5.14 Å². The van der Waals surface area contributed by atoms with Gasteiger partial charge in [-0.1, -0.05) is 11.6 Å². The van der Waals surface area contributed by atoms with Gasteiger partial charge in [0.25, 0.3) is 0 Å². The standard InChI is InChI=1S/C17H15ClFN3O2S/c1-22-8-15-10(7-20)4-11(18)5-13(15)16(9-22)14-6-12(25(21,23)24)2-3-17(14)19/h2-6,16H,8-9H2,1H3,(H2,21,23,24). The Kier molecular flexibility index (Phi) is 4.56. The van der Waals surface area contributed by atoms with Gasteiger partial charge in [0.15, 0.2) is 0 Å². The lowest BCUT2D eigenvalue weighted by Gasteiger charge is -2.33. The summed E-state index contributed by atoms with van der Waals surface area (Å²) in [7, 11) is -2.10. The Morgan fingerprint density at radius 3 is 2.68 bits per heavy atom. The maximum Gasteiger partial charge on any atom is 0.238 e. The molecule has 0 fully saturated rings. The number of benzene rings is 2. The molecule has 0 aliphatic carbocycles. The van der Waals surface area contributed by atoms with Crippen LogP contribution in [0.1, 0.15) is 28.2 Å². The zero-order valence-electron chi connectivity index (χ0n) is 13.3. The number of primary sulfonamides is 1. The molecule has 2 N–H and O–H groups in total. The molecule has 2 aromatic carbocycles. The van der Waals surface area contributed by atoms with Crippen molar-refractivity contribution in [3.63, 3.8) is 0 Å². The number of fused-ring (bicyclic) bond motifs is 1. The number of hydrogen-bond donors (Lipinski definition) is 1. The number of nitrogens with two attached hydrogens (primary N) is 1. The fourth-order valence-electron chi connectivity index (χ4n) is 3.22. The highest BCUT2D eigenvalue weighted by molar-refractivity contribution is 7.89. The van der Waals surface area contributed by atoms with Gasteiger partial charge in [0.1, 0.15) is 5.82 Å². The quantitative estimate of drug-likeness (QED) is 0.868. The molecule has 1 heterocycles. The van der Waals surface area contributed by atoms with Crippen molar-refractivity contribution in [3.05, 3.63) is 63.4 Å². The third kappa shape index (κ3) is 3.39. The lowest BCUT2D eigenvalue weighted by atomic mass is 9.83. The van der Waals surface area contributed by atoms with E-state index in [1.165, 1.54) is 6.07 Å².